The summed E-state index contributed by atoms with van der Waals surface area (Å²) in [5.41, 5.74) is -0.222. The number of rotatable bonds is 5. The number of amides is 1. The van der Waals surface area contributed by atoms with Crippen molar-refractivity contribution < 1.29 is 19.2 Å². The predicted molar refractivity (Wildman–Crippen MR) is 106 cm³/mol. The number of halogens is 1. The van der Waals surface area contributed by atoms with Gasteiger partial charge in [-0.15, -0.1) is 0 Å². The summed E-state index contributed by atoms with van der Waals surface area (Å²) in [6, 6.07) is 16.6. The first-order valence-corrected chi connectivity index (χ1v) is 8.67. The quantitative estimate of drug-likeness (QED) is 0.385. The average molecular weight is 399 g/mol. The fourth-order valence-electron chi connectivity index (χ4n) is 2.62. The number of carbonyl (C=O) groups is 2. The molecule has 0 aliphatic rings. The Morgan fingerprint density at radius 1 is 1.07 bits per heavy atom. The number of anilines is 1. The zero-order valence-electron chi connectivity index (χ0n) is 14.7. The molecule has 8 heteroatoms. The van der Waals surface area contributed by atoms with E-state index in [2.05, 4.69) is 5.32 Å². The minimum Gasteiger partial charge on any atom is -0.449 e. The minimum absolute atomic E-state index is 0.144. The van der Waals surface area contributed by atoms with Crippen molar-refractivity contribution in [3.05, 3.63) is 81.4 Å². The van der Waals surface area contributed by atoms with E-state index in [-0.39, 0.29) is 10.6 Å². The van der Waals surface area contributed by atoms with Gasteiger partial charge in [0.05, 0.1) is 4.92 Å². The minimum atomic E-state index is -1.17. The standard InChI is InChI=1S/C20H15ClN2O5/c1-12(28-20(25)17-11-15(21)7-9-18(17)23(26)27)19(24)22-16-8-6-13-4-2-3-5-14(13)10-16/h2-12H,1H3,(H,22,24)/t12-/m0/s1. The number of ether oxygens (including phenoxy) is 1. The Hall–Kier alpha value is -3.45. The summed E-state index contributed by atoms with van der Waals surface area (Å²) in [6.07, 6.45) is -1.17. The van der Waals surface area contributed by atoms with E-state index in [1.807, 2.05) is 30.3 Å². The van der Waals surface area contributed by atoms with E-state index < -0.39 is 28.6 Å². The van der Waals surface area contributed by atoms with Crippen LogP contribution in [-0.4, -0.2) is 22.9 Å². The largest absolute Gasteiger partial charge is 0.449 e. The fourth-order valence-corrected chi connectivity index (χ4v) is 2.79. The molecule has 3 aromatic rings. The van der Waals surface area contributed by atoms with E-state index in [0.29, 0.717) is 5.69 Å². The molecule has 7 nitrogen and oxygen atoms in total. The first kappa shape index (κ1) is 19.3. The molecule has 0 fully saturated rings. The summed E-state index contributed by atoms with van der Waals surface area (Å²) in [5.74, 6) is -1.57. The highest BCUT2D eigenvalue weighted by atomic mass is 35.5. The third kappa shape index (κ3) is 4.27. The van der Waals surface area contributed by atoms with Gasteiger partial charge in [0.25, 0.3) is 11.6 Å². The molecule has 3 rings (SSSR count). The molecule has 3 aromatic carbocycles. The lowest BCUT2D eigenvalue weighted by Gasteiger charge is -2.14. The molecule has 0 aromatic heterocycles. The number of nitrogens with zero attached hydrogens (tertiary/aromatic N) is 1. The summed E-state index contributed by atoms with van der Waals surface area (Å²) >= 11 is 5.81. The Balaban J connectivity index is 1.72. The van der Waals surface area contributed by atoms with Gasteiger partial charge in [-0.1, -0.05) is 41.9 Å². The van der Waals surface area contributed by atoms with Crippen molar-refractivity contribution in [3.8, 4) is 0 Å². The maximum absolute atomic E-state index is 12.4. The van der Waals surface area contributed by atoms with Gasteiger partial charge in [-0.3, -0.25) is 14.9 Å². The van der Waals surface area contributed by atoms with E-state index in [4.69, 9.17) is 16.3 Å². The molecular formula is C20H15ClN2O5. The van der Waals surface area contributed by atoms with Gasteiger partial charge in [0.1, 0.15) is 5.56 Å². The first-order chi connectivity index (χ1) is 13.3. The van der Waals surface area contributed by atoms with E-state index >= 15 is 0 Å². The lowest BCUT2D eigenvalue weighted by atomic mass is 10.1. The van der Waals surface area contributed by atoms with Crippen LogP contribution in [0.2, 0.25) is 5.02 Å². The van der Waals surface area contributed by atoms with E-state index in [1.165, 1.54) is 13.0 Å². The van der Waals surface area contributed by atoms with Gasteiger partial charge in [0, 0.05) is 16.8 Å². The predicted octanol–water partition coefficient (Wildman–Crippen LogP) is 4.59. The SMILES string of the molecule is C[C@H](OC(=O)c1cc(Cl)ccc1[N+](=O)[O-])C(=O)Nc1ccc2ccccc2c1. The number of nitro benzene ring substituents is 1. The molecule has 0 heterocycles. The number of fused-ring (bicyclic) bond motifs is 1. The Bertz CT molecular complexity index is 1080. The summed E-state index contributed by atoms with van der Waals surface area (Å²) in [5, 5.41) is 15.9. The molecule has 1 amide bonds. The Morgan fingerprint density at radius 3 is 2.50 bits per heavy atom. The number of benzene rings is 3. The smallest absolute Gasteiger partial charge is 0.345 e. The second-order valence-corrected chi connectivity index (χ2v) is 6.45. The highest BCUT2D eigenvalue weighted by molar-refractivity contribution is 6.31. The Morgan fingerprint density at radius 2 is 1.79 bits per heavy atom. The molecule has 28 heavy (non-hydrogen) atoms. The van der Waals surface area contributed by atoms with Gasteiger partial charge in [-0.2, -0.15) is 0 Å². The lowest BCUT2D eigenvalue weighted by molar-refractivity contribution is -0.385. The Kier molecular flexibility index (Phi) is 5.56. The van der Waals surface area contributed by atoms with E-state index in [1.54, 1.807) is 12.1 Å². The van der Waals surface area contributed by atoms with E-state index in [0.717, 1.165) is 22.9 Å². The number of esters is 1. The number of carbonyl (C=O) groups excluding carboxylic acids is 2. The van der Waals surface area contributed by atoms with Crippen LogP contribution >= 0.6 is 11.6 Å². The molecule has 0 bridgehead atoms. The summed E-state index contributed by atoms with van der Waals surface area (Å²) in [6.45, 7) is 1.38. The van der Waals surface area contributed by atoms with Crippen LogP contribution < -0.4 is 5.32 Å². The van der Waals surface area contributed by atoms with Crippen molar-refractivity contribution in [2.45, 2.75) is 13.0 Å². The number of nitrogens with one attached hydrogen (secondary N) is 1. The molecular weight excluding hydrogens is 384 g/mol. The highest BCUT2D eigenvalue weighted by Gasteiger charge is 2.25. The summed E-state index contributed by atoms with van der Waals surface area (Å²) in [7, 11) is 0. The molecule has 1 N–H and O–H groups in total. The van der Waals surface area contributed by atoms with Crippen molar-refractivity contribution in [2.24, 2.45) is 0 Å². The molecule has 0 saturated heterocycles. The van der Waals surface area contributed by atoms with Gasteiger partial charge in [-0.25, -0.2) is 4.79 Å². The van der Waals surface area contributed by atoms with Crippen molar-refractivity contribution in [1.82, 2.24) is 0 Å². The van der Waals surface area contributed by atoms with Crippen molar-refractivity contribution in [1.29, 1.82) is 0 Å². The van der Waals surface area contributed by atoms with Crippen molar-refractivity contribution >= 4 is 45.6 Å². The maximum atomic E-state index is 12.4. The second kappa shape index (κ2) is 8.06. The van der Waals surface area contributed by atoms with Crippen LogP contribution in [0.5, 0.6) is 0 Å². The third-order valence-electron chi connectivity index (χ3n) is 4.05. The second-order valence-electron chi connectivity index (χ2n) is 6.02. The van der Waals surface area contributed by atoms with Crippen LogP contribution in [0, 0.1) is 10.1 Å². The molecule has 0 unspecified atom stereocenters. The van der Waals surface area contributed by atoms with Gasteiger partial charge in [0.15, 0.2) is 6.10 Å². The molecule has 0 saturated carbocycles. The van der Waals surface area contributed by atoms with Crippen molar-refractivity contribution in [3.63, 3.8) is 0 Å². The normalized spacial score (nSPS) is 11.6. The molecule has 0 aliphatic carbocycles. The summed E-state index contributed by atoms with van der Waals surface area (Å²) < 4.78 is 5.09. The van der Waals surface area contributed by atoms with Crippen molar-refractivity contribution in [2.75, 3.05) is 5.32 Å². The van der Waals surface area contributed by atoms with Crippen LogP contribution in [0.15, 0.2) is 60.7 Å². The lowest BCUT2D eigenvalue weighted by Crippen LogP contribution is -2.30. The van der Waals surface area contributed by atoms with E-state index in [9.17, 15) is 19.7 Å². The first-order valence-electron chi connectivity index (χ1n) is 8.30. The highest BCUT2D eigenvalue weighted by Crippen LogP contribution is 2.24. The number of nitro groups is 1. The number of hydrogen-bond donors (Lipinski definition) is 1. The zero-order valence-corrected chi connectivity index (χ0v) is 15.5. The fraction of sp³-hybridized carbons (Fsp3) is 0.100. The number of hydrogen-bond acceptors (Lipinski definition) is 5. The third-order valence-corrected chi connectivity index (χ3v) is 4.28. The molecule has 1 atom stereocenters. The molecule has 0 radical (unpaired) electrons. The maximum Gasteiger partial charge on any atom is 0.345 e. The molecule has 0 spiro atoms. The Labute approximate surface area is 165 Å². The topological polar surface area (TPSA) is 98.5 Å². The summed E-state index contributed by atoms with van der Waals surface area (Å²) in [4.78, 5) is 35.0. The van der Waals surface area contributed by atoms with Gasteiger partial charge in [-0.05, 0) is 42.0 Å². The molecule has 142 valence electrons. The average Bonchev–Trinajstić information content (AvgIpc) is 2.67. The zero-order chi connectivity index (χ0) is 20.3. The van der Waals surface area contributed by atoms with Crippen LogP contribution in [0.1, 0.15) is 17.3 Å². The van der Waals surface area contributed by atoms with Gasteiger partial charge < -0.3 is 10.1 Å². The van der Waals surface area contributed by atoms with Crippen LogP contribution in [0.25, 0.3) is 10.8 Å². The van der Waals surface area contributed by atoms with Gasteiger partial charge >= 0.3 is 5.97 Å². The van der Waals surface area contributed by atoms with Crippen LogP contribution in [-0.2, 0) is 9.53 Å². The monoisotopic (exact) mass is 398 g/mol. The molecule has 0 aliphatic heterocycles. The van der Waals surface area contributed by atoms with Crippen LogP contribution in [0.3, 0.4) is 0 Å². The van der Waals surface area contributed by atoms with Gasteiger partial charge in [0.2, 0.25) is 0 Å². The van der Waals surface area contributed by atoms with Crippen LogP contribution in [0.4, 0.5) is 11.4 Å².